The molecule has 0 saturated carbocycles. The van der Waals surface area contributed by atoms with Gasteiger partial charge in [-0.3, -0.25) is 4.79 Å². The summed E-state index contributed by atoms with van der Waals surface area (Å²) in [5, 5.41) is 3.02. The highest BCUT2D eigenvalue weighted by atomic mass is 32.2. The molecule has 0 fully saturated rings. The molecule has 0 spiro atoms. The van der Waals surface area contributed by atoms with Gasteiger partial charge < -0.3 is 4.74 Å². The number of ether oxygens (including phenoxy) is 1. The fourth-order valence-electron chi connectivity index (χ4n) is 2.89. The van der Waals surface area contributed by atoms with Crippen molar-refractivity contribution >= 4 is 20.6 Å². The first-order valence-corrected chi connectivity index (χ1v) is 11.1. The molecule has 0 aliphatic heterocycles. The van der Waals surface area contributed by atoms with E-state index in [0.29, 0.717) is 12.1 Å². The molecule has 7 nitrogen and oxygen atoms in total. The Morgan fingerprint density at radius 1 is 1.03 bits per heavy atom. The lowest BCUT2D eigenvalue weighted by molar-refractivity contribution is -0.305. The lowest BCUT2D eigenvalue weighted by Gasteiger charge is -2.23. The Morgan fingerprint density at radius 2 is 1.67 bits per heavy atom. The fourth-order valence-corrected chi connectivity index (χ4v) is 3.91. The van der Waals surface area contributed by atoms with Crippen molar-refractivity contribution in [3.63, 3.8) is 0 Å². The molecule has 3 aromatic rings. The summed E-state index contributed by atoms with van der Waals surface area (Å²) < 4.78 is 146. The van der Waals surface area contributed by atoms with Gasteiger partial charge in [0.1, 0.15) is 10.6 Å². The van der Waals surface area contributed by atoms with Crippen molar-refractivity contribution in [3.05, 3.63) is 52.6 Å². The number of hydrogen-bond donors (Lipinski definition) is 0. The lowest BCUT2D eigenvalue weighted by Crippen LogP contribution is -2.45. The van der Waals surface area contributed by atoms with Gasteiger partial charge >= 0.3 is 18.5 Å². The third-order valence-electron chi connectivity index (χ3n) is 4.68. The van der Waals surface area contributed by atoms with Crippen molar-refractivity contribution in [1.82, 2.24) is 14.8 Å². The highest BCUT2D eigenvalue weighted by molar-refractivity contribution is 7.91. The normalized spacial score (nSPS) is 14.2. The van der Waals surface area contributed by atoms with Gasteiger partial charge in [-0.1, -0.05) is 13.0 Å². The summed E-state index contributed by atoms with van der Waals surface area (Å²) in [6.45, 7) is 1.08. The van der Waals surface area contributed by atoms with Gasteiger partial charge in [-0.2, -0.15) is 44.9 Å². The van der Waals surface area contributed by atoms with Crippen LogP contribution in [0.15, 0.2) is 46.3 Å². The van der Waals surface area contributed by atoms with E-state index in [4.69, 9.17) is 0 Å². The molecule has 0 aliphatic rings. The van der Waals surface area contributed by atoms with Crippen LogP contribution in [0.25, 0.3) is 16.6 Å². The van der Waals surface area contributed by atoms with Gasteiger partial charge in [-0.25, -0.2) is 17.8 Å². The van der Waals surface area contributed by atoms with E-state index in [2.05, 4.69) is 14.8 Å². The maximum atomic E-state index is 13.7. The zero-order chi connectivity index (χ0) is 27.3. The van der Waals surface area contributed by atoms with Gasteiger partial charge in [0.2, 0.25) is 0 Å². The third kappa shape index (κ3) is 5.24. The van der Waals surface area contributed by atoms with Gasteiger partial charge in [0.25, 0.3) is 11.7 Å². The van der Waals surface area contributed by atoms with Crippen LogP contribution in [0.3, 0.4) is 0 Å². The largest absolute Gasteiger partial charge is 0.439 e. The maximum absolute atomic E-state index is 13.7. The molecule has 0 N–H and O–H groups in total. The number of fused-ring (bicyclic) bond motifs is 1. The van der Waals surface area contributed by atoms with Gasteiger partial charge in [0, 0.05) is 11.5 Å². The van der Waals surface area contributed by atoms with Crippen LogP contribution in [-0.2, 0) is 16.0 Å². The van der Waals surface area contributed by atoms with Crippen molar-refractivity contribution in [1.29, 1.82) is 0 Å². The molecule has 17 heteroatoms. The van der Waals surface area contributed by atoms with E-state index in [9.17, 15) is 52.7 Å². The van der Waals surface area contributed by atoms with Gasteiger partial charge in [-0.15, -0.1) is 0 Å². The number of nitrogens with zero attached hydrogens (tertiary/aromatic N) is 3. The second-order valence-corrected chi connectivity index (χ2v) is 9.37. The maximum Gasteiger partial charge on any atom is 0.439 e. The molecule has 1 unspecified atom stereocenters. The number of hydrogen-bond acceptors (Lipinski definition) is 6. The second kappa shape index (κ2) is 8.94. The first-order chi connectivity index (χ1) is 16.4. The van der Waals surface area contributed by atoms with E-state index in [1.807, 2.05) is 0 Å². The molecule has 0 bridgehead atoms. The Balaban J connectivity index is 2.20. The molecule has 0 aliphatic carbocycles. The average Bonchev–Trinajstić information content (AvgIpc) is 2.77. The SMILES string of the molecule is CCS(=O)(=O)c1cc(OC(F)(F)C(F)C(F)(F)F)cnc1-n1ncc2ccc(C(F)(F)F)cc2c1=O. The monoisotopic (exact) mass is 549 g/mol. The zero-order valence-corrected chi connectivity index (χ0v) is 18.3. The minimum Gasteiger partial charge on any atom is -0.428 e. The second-order valence-electron chi connectivity index (χ2n) is 7.13. The molecular weight excluding hydrogens is 537 g/mol. The highest BCUT2D eigenvalue weighted by Gasteiger charge is 2.59. The number of halogens is 9. The summed E-state index contributed by atoms with van der Waals surface area (Å²) in [5.41, 5.74) is -2.49. The van der Waals surface area contributed by atoms with Crippen LogP contribution >= 0.6 is 0 Å². The molecule has 0 amide bonds. The van der Waals surface area contributed by atoms with Crippen molar-refractivity contribution in [2.24, 2.45) is 0 Å². The molecule has 0 radical (unpaired) electrons. The summed E-state index contributed by atoms with van der Waals surface area (Å²) in [7, 11) is -4.49. The third-order valence-corrected chi connectivity index (χ3v) is 6.41. The van der Waals surface area contributed by atoms with Crippen molar-refractivity contribution in [3.8, 4) is 11.6 Å². The number of sulfone groups is 1. The van der Waals surface area contributed by atoms with E-state index < -0.39 is 73.2 Å². The average molecular weight is 549 g/mol. The zero-order valence-electron chi connectivity index (χ0n) is 17.5. The van der Waals surface area contributed by atoms with E-state index in [1.54, 1.807) is 0 Å². The lowest BCUT2D eigenvalue weighted by atomic mass is 10.1. The molecule has 1 atom stereocenters. The Bertz CT molecular complexity index is 1470. The Morgan fingerprint density at radius 3 is 2.22 bits per heavy atom. The summed E-state index contributed by atoms with van der Waals surface area (Å²) in [5.74, 6) is -2.92. The van der Waals surface area contributed by atoms with Crippen LogP contribution < -0.4 is 10.3 Å². The van der Waals surface area contributed by atoms with E-state index in [0.717, 1.165) is 19.2 Å². The number of pyridine rings is 1. The van der Waals surface area contributed by atoms with Crippen LogP contribution in [0.2, 0.25) is 0 Å². The minimum atomic E-state index is -6.02. The Labute approximate surface area is 195 Å². The van der Waals surface area contributed by atoms with Crippen LogP contribution in [0.1, 0.15) is 12.5 Å². The predicted molar refractivity (Wildman–Crippen MR) is 104 cm³/mol. The topological polar surface area (TPSA) is 91.2 Å². The van der Waals surface area contributed by atoms with Gasteiger partial charge in [0.05, 0.1) is 29.1 Å². The number of rotatable bonds is 6. The quantitative estimate of drug-likeness (QED) is 0.422. The van der Waals surface area contributed by atoms with Crippen LogP contribution in [-0.4, -0.2) is 47.4 Å². The van der Waals surface area contributed by atoms with Crippen molar-refractivity contribution < 1.29 is 52.7 Å². The number of alkyl halides is 9. The molecular formula is C19H12F9N3O4S. The molecule has 2 aromatic heterocycles. The number of benzene rings is 1. The van der Waals surface area contributed by atoms with Crippen LogP contribution in [0.5, 0.6) is 5.75 Å². The van der Waals surface area contributed by atoms with Crippen molar-refractivity contribution in [2.45, 2.75) is 36.5 Å². The highest BCUT2D eigenvalue weighted by Crippen LogP contribution is 2.37. The van der Waals surface area contributed by atoms with Crippen LogP contribution in [0, 0.1) is 0 Å². The summed E-state index contributed by atoms with van der Waals surface area (Å²) in [6.07, 6.45) is -19.9. The standard InChI is InChI=1S/C19H12F9N3O4S/c1-2-36(33,34)13-6-11(35-19(27,28)16(20)18(24,25)26)8-29-14(13)31-15(32)12-5-10(17(21,22)23)4-3-9(12)7-30-31/h3-8,16H,2H2,1H3. The molecule has 0 saturated heterocycles. The first-order valence-electron chi connectivity index (χ1n) is 9.48. The summed E-state index contributed by atoms with van der Waals surface area (Å²) >= 11 is 0. The van der Waals surface area contributed by atoms with Gasteiger partial charge in [0.15, 0.2) is 15.7 Å². The Hall–Kier alpha value is -3.37. The van der Waals surface area contributed by atoms with Crippen molar-refractivity contribution in [2.75, 3.05) is 5.75 Å². The van der Waals surface area contributed by atoms with Crippen LogP contribution in [0.4, 0.5) is 39.5 Å². The molecule has 36 heavy (non-hydrogen) atoms. The van der Waals surface area contributed by atoms with E-state index in [-0.39, 0.29) is 22.3 Å². The summed E-state index contributed by atoms with van der Waals surface area (Å²) in [6, 6.07) is 2.34. The van der Waals surface area contributed by atoms with Gasteiger partial charge in [-0.05, 0) is 12.1 Å². The Kier molecular flexibility index (Phi) is 6.76. The fraction of sp³-hybridized carbons (Fsp3) is 0.316. The predicted octanol–water partition coefficient (Wildman–Crippen LogP) is 4.47. The number of aromatic nitrogens is 3. The van der Waals surface area contributed by atoms with E-state index >= 15 is 0 Å². The molecule has 2 heterocycles. The summed E-state index contributed by atoms with van der Waals surface area (Å²) in [4.78, 5) is 15.3. The minimum absolute atomic E-state index is 0.0649. The molecule has 196 valence electrons. The first kappa shape index (κ1) is 27.2. The van der Waals surface area contributed by atoms with E-state index in [1.165, 1.54) is 0 Å². The smallest absolute Gasteiger partial charge is 0.428 e. The molecule has 3 rings (SSSR count). The molecule has 1 aromatic carbocycles.